The fourth-order valence-corrected chi connectivity index (χ4v) is 2.07. The van der Waals surface area contributed by atoms with Crippen LogP contribution in [0.1, 0.15) is 18.4 Å². The lowest BCUT2D eigenvalue weighted by atomic mass is 10.0. The molecular formula is C12H17ClN2O2. The van der Waals surface area contributed by atoms with Crippen molar-refractivity contribution in [3.8, 4) is 5.88 Å². The number of ether oxygens (including phenoxy) is 2. The lowest BCUT2D eigenvalue weighted by Gasteiger charge is -2.22. The highest BCUT2D eigenvalue weighted by atomic mass is 35.5. The van der Waals surface area contributed by atoms with Crippen LogP contribution in [0.4, 0.5) is 0 Å². The van der Waals surface area contributed by atoms with Crippen molar-refractivity contribution in [2.75, 3.05) is 19.8 Å². The summed E-state index contributed by atoms with van der Waals surface area (Å²) < 4.78 is 11.0. The zero-order valence-electron chi connectivity index (χ0n) is 9.69. The molecule has 1 aliphatic rings. The van der Waals surface area contributed by atoms with Crippen molar-refractivity contribution in [3.63, 3.8) is 0 Å². The first-order valence-electron chi connectivity index (χ1n) is 5.85. The van der Waals surface area contributed by atoms with E-state index in [1.165, 1.54) is 0 Å². The normalized spacial score (nSPS) is 17.1. The summed E-state index contributed by atoms with van der Waals surface area (Å²) in [6, 6.07) is 1.81. The molecule has 0 spiro atoms. The predicted molar refractivity (Wildman–Crippen MR) is 66.2 cm³/mol. The third-order valence-electron chi connectivity index (χ3n) is 2.95. The standard InChI is InChI=1S/C12H17ClN2O2/c13-11-10(7-14)1-4-15-12(11)17-8-9-2-5-16-6-3-9/h1,4,9H,2-3,5-8,14H2. The molecule has 1 aromatic rings. The summed E-state index contributed by atoms with van der Waals surface area (Å²) in [5.74, 6) is 1.02. The molecule has 2 N–H and O–H groups in total. The Morgan fingerprint density at radius 3 is 2.94 bits per heavy atom. The fourth-order valence-electron chi connectivity index (χ4n) is 1.83. The van der Waals surface area contributed by atoms with Crippen LogP contribution in [0.5, 0.6) is 5.88 Å². The third-order valence-corrected chi connectivity index (χ3v) is 3.36. The Kier molecular flexibility index (Phi) is 4.59. The Hall–Kier alpha value is -0.840. The Bertz CT molecular complexity index is 368. The summed E-state index contributed by atoms with van der Waals surface area (Å²) in [5.41, 5.74) is 6.44. The van der Waals surface area contributed by atoms with Gasteiger partial charge in [-0.25, -0.2) is 4.98 Å². The molecule has 2 rings (SSSR count). The van der Waals surface area contributed by atoms with E-state index in [2.05, 4.69) is 4.98 Å². The molecule has 2 heterocycles. The molecular weight excluding hydrogens is 240 g/mol. The van der Waals surface area contributed by atoms with Crippen LogP contribution in [-0.2, 0) is 11.3 Å². The van der Waals surface area contributed by atoms with Gasteiger partial charge in [-0.05, 0) is 30.4 Å². The van der Waals surface area contributed by atoms with Gasteiger partial charge in [-0.15, -0.1) is 0 Å². The molecule has 0 aliphatic carbocycles. The monoisotopic (exact) mass is 256 g/mol. The van der Waals surface area contributed by atoms with Gasteiger partial charge in [-0.2, -0.15) is 0 Å². The minimum absolute atomic E-state index is 0.398. The van der Waals surface area contributed by atoms with Crippen LogP contribution in [0.25, 0.3) is 0 Å². The van der Waals surface area contributed by atoms with Crippen molar-refractivity contribution < 1.29 is 9.47 Å². The van der Waals surface area contributed by atoms with E-state index in [1.807, 2.05) is 6.07 Å². The minimum atomic E-state index is 0.398. The number of hydrogen-bond acceptors (Lipinski definition) is 4. The molecule has 0 saturated carbocycles. The van der Waals surface area contributed by atoms with E-state index >= 15 is 0 Å². The van der Waals surface area contributed by atoms with E-state index in [-0.39, 0.29) is 0 Å². The maximum atomic E-state index is 6.13. The molecule has 1 fully saturated rings. The second-order valence-corrected chi connectivity index (χ2v) is 4.54. The number of nitrogens with two attached hydrogens (primary N) is 1. The van der Waals surface area contributed by atoms with Gasteiger partial charge < -0.3 is 15.2 Å². The van der Waals surface area contributed by atoms with E-state index < -0.39 is 0 Å². The summed E-state index contributed by atoms with van der Waals surface area (Å²) in [5, 5.41) is 0.530. The maximum Gasteiger partial charge on any atom is 0.232 e. The SMILES string of the molecule is NCc1ccnc(OCC2CCOCC2)c1Cl. The van der Waals surface area contributed by atoms with Crippen molar-refractivity contribution in [1.82, 2.24) is 4.98 Å². The first-order chi connectivity index (χ1) is 8.31. The van der Waals surface area contributed by atoms with Crippen LogP contribution < -0.4 is 10.5 Å². The van der Waals surface area contributed by atoms with Crippen LogP contribution in [0.2, 0.25) is 5.02 Å². The molecule has 0 radical (unpaired) electrons. The molecule has 1 aromatic heterocycles. The third kappa shape index (κ3) is 3.31. The van der Waals surface area contributed by atoms with Crippen LogP contribution in [-0.4, -0.2) is 24.8 Å². The molecule has 1 saturated heterocycles. The zero-order valence-corrected chi connectivity index (χ0v) is 10.4. The highest BCUT2D eigenvalue weighted by Gasteiger charge is 2.16. The van der Waals surface area contributed by atoms with Gasteiger partial charge in [0.2, 0.25) is 5.88 Å². The highest BCUT2D eigenvalue weighted by molar-refractivity contribution is 6.32. The molecule has 0 unspecified atom stereocenters. The summed E-state index contributed by atoms with van der Waals surface area (Å²) in [7, 11) is 0. The van der Waals surface area contributed by atoms with Gasteiger partial charge in [0.1, 0.15) is 5.02 Å². The summed E-state index contributed by atoms with van der Waals surface area (Å²) in [6.45, 7) is 2.68. The van der Waals surface area contributed by atoms with Gasteiger partial charge in [0.25, 0.3) is 0 Å². The van der Waals surface area contributed by atoms with Gasteiger partial charge in [-0.3, -0.25) is 0 Å². The Morgan fingerprint density at radius 1 is 1.47 bits per heavy atom. The average Bonchev–Trinajstić information content (AvgIpc) is 2.39. The summed E-state index contributed by atoms with van der Waals surface area (Å²) in [4.78, 5) is 4.13. The first kappa shape index (κ1) is 12.6. The van der Waals surface area contributed by atoms with Gasteiger partial charge in [0.05, 0.1) is 6.61 Å². The molecule has 0 atom stereocenters. The average molecular weight is 257 g/mol. The topological polar surface area (TPSA) is 57.4 Å². The number of pyridine rings is 1. The van der Waals surface area contributed by atoms with Crippen molar-refractivity contribution in [1.29, 1.82) is 0 Å². The van der Waals surface area contributed by atoms with Crippen LogP contribution in [0.15, 0.2) is 12.3 Å². The van der Waals surface area contributed by atoms with Crippen LogP contribution >= 0.6 is 11.6 Å². The number of nitrogens with zero attached hydrogens (tertiary/aromatic N) is 1. The van der Waals surface area contributed by atoms with Crippen molar-refractivity contribution in [2.24, 2.45) is 11.7 Å². The Labute approximate surface area is 106 Å². The zero-order chi connectivity index (χ0) is 12.1. The number of aromatic nitrogens is 1. The molecule has 94 valence electrons. The molecule has 5 heteroatoms. The molecule has 0 amide bonds. The smallest absolute Gasteiger partial charge is 0.232 e. The van der Waals surface area contributed by atoms with Crippen molar-refractivity contribution in [3.05, 3.63) is 22.8 Å². The van der Waals surface area contributed by atoms with Crippen molar-refractivity contribution in [2.45, 2.75) is 19.4 Å². The second kappa shape index (κ2) is 6.19. The first-order valence-corrected chi connectivity index (χ1v) is 6.23. The molecule has 0 bridgehead atoms. The highest BCUT2D eigenvalue weighted by Crippen LogP contribution is 2.26. The largest absolute Gasteiger partial charge is 0.476 e. The van der Waals surface area contributed by atoms with Gasteiger partial charge in [0, 0.05) is 26.0 Å². The quantitative estimate of drug-likeness (QED) is 0.895. The summed E-state index contributed by atoms with van der Waals surface area (Å²) >= 11 is 6.13. The van der Waals surface area contributed by atoms with Gasteiger partial charge in [0.15, 0.2) is 0 Å². The van der Waals surface area contributed by atoms with Crippen LogP contribution in [0, 0.1) is 5.92 Å². The van der Waals surface area contributed by atoms with Gasteiger partial charge in [-0.1, -0.05) is 11.6 Å². The minimum Gasteiger partial charge on any atom is -0.476 e. The van der Waals surface area contributed by atoms with E-state index in [4.69, 9.17) is 26.8 Å². The fraction of sp³-hybridized carbons (Fsp3) is 0.583. The van der Waals surface area contributed by atoms with Crippen LogP contribution in [0.3, 0.4) is 0 Å². The molecule has 0 aromatic carbocycles. The number of halogens is 1. The lowest BCUT2D eigenvalue weighted by Crippen LogP contribution is -2.21. The predicted octanol–water partition coefficient (Wildman–Crippen LogP) is 2.00. The Morgan fingerprint density at radius 2 is 2.24 bits per heavy atom. The van der Waals surface area contributed by atoms with Crippen molar-refractivity contribution >= 4 is 11.6 Å². The number of rotatable bonds is 4. The van der Waals surface area contributed by atoms with E-state index in [0.29, 0.717) is 30.0 Å². The van der Waals surface area contributed by atoms with E-state index in [9.17, 15) is 0 Å². The van der Waals surface area contributed by atoms with E-state index in [1.54, 1.807) is 6.20 Å². The molecule has 4 nitrogen and oxygen atoms in total. The van der Waals surface area contributed by atoms with Gasteiger partial charge >= 0.3 is 0 Å². The summed E-state index contributed by atoms with van der Waals surface area (Å²) in [6.07, 6.45) is 3.75. The lowest BCUT2D eigenvalue weighted by molar-refractivity contribution is 0.0490. The van der Waals surface area contributed by atoms with E-state index in [0.717, 1.165) is 31.6 Å². The Balaban J connectivity index is 1.93. The number of hydrogen-bond donors (Lipinski definition) is 1. The molecule has 1 aliphatic heterocycles. The maximum absolute atomic E-state index is 6.13. The second-order valence-electron chi connectivity index (χ2n) is 4.16. The molecule has 17 heavy (non-hydrogen) atoms.